The lowest BCUT2D eigenvalue weighted by Gasteiger charge is -2.27. The van der Waals surface area contributed by atoms with Crippen molar-refractivity contribution in [2.75, 3.05) is 12.8 Å². The van der Waals surface area contributed by atoms with Crippen molar-refractivity contribution in [2.45, 2.75) is 26.8 Å². The van der Waals surface area contributed by atoms with Crippen LogP contribution in [0.1, 0.15) is 31.3 Å². The van der Waals surface area contributed by atoms with Crippen LogP contribution in [0.5, 0.6) is 0 Å². The van der Waals surface area contributed by atoms with Crippen molar-refractivity contribution in [2.24, 2.45) is 5.92 Å². The second-order valence-corrected chi connectivity index (χ2v) is 5.51. The van der Waals surface area contributed by atoms with Gasteiger partial charge in [0, 0.05) is 18.5 Å². The van der Waals surface area contributed by atoms with Crippen molar-refractivity contribution in [3.05, 3.63) is 36.0 Å². The molecule has 2 N–H and O–H groups in total. The van der Waals surface area contributed by atoms with Gasteiger partial charge in [0.15, 0.2) is 0 Å². The second-order valence-electron chi connectivity index (χ2n) is 5.51. The predicted octanol–water partition coefficient (Wildman–Crippen LogP) is 2.93. The van der Waals surface area contributed by atoms with E-state index in [0.29, 0.717) is 17.4 Å². The van der Waals surface area contributed by atoms with E-state index >= 15 is 0 Å². The molecule has 2 rings (SSSR count). The maximum Gasteiger partial charge on any atom is 0.272 e. The van der Waals surface area contributed by atoms with Crippen molar-refractivity contribution >= 4 is 22.5 Å². The minimum absolute atomic E-state index is 0.0938. The van der Waals surface area contributed by atoms with Crippen LogP contribution in [0, 0.1) is 5.92 Å². The van der Waals surface area contributed by atoms with E-state index in [1.54, 1.807) is 18.0 Å². The Bertz CT molecular complexity index is 637. The maximum absolute atomic E-state index is 12.5. The summed E-state index contributed by atoms with van der Waals surface area (Å²) in [7, 11) is 1.81. The lowest BCUT2D eigenvalue weighted by Crippen LogP contribution is -2.38. The number of aromatic nitrogens is 1. The zero-order valence-corrected chi connectivity index (χ0v) is 12.4. The molecular formula is C16H21N3O. The quantitative estimate of drug-likeness (QED) is 0.933. The van der Waals surface area contributed by atoms with Crippen molar-refractivity contribution < 1.29 is 4.79 Å². The van der Waals surface area contributed by atoms with Gasteiger partial charge in [0.05, 0.1) is 0 Å². The molecule has 0 saturated carbocycles. The third-order valence-electron chi connectivity index (χ3n) is 3.89. The molecule has 0 spiro atoms. The summed E-state index contributed by atoms with van der Waals surface area (Å²) in [6, 6.07) is 9.64. The summed E-state index contributed by atoms with van der Waals surface area (Å²) in [5, 5.41) is 1.82. The predicted molar refractivity (Wildman–Crippen MR) is 82.5 cm³/mol. The lowest BCUT2D eigenvalue weighted by atomic mass is 10.0. The largest absolute Gasteiger partial charge is 0.383 e. The fourth-order valence-electron chi connectivity index (χ4n) is 2.15. The van der Waals surface area contributed by atoms with E-state index in [0.717, 1.165) is 10.8 Å². The Morgan fingerprint density at radius 3 is 2.55 bits per heavy atom. The molecule has 20 heavy (non-hydrogen) atoms. The van der Waals surface area contributed by atoms with E-state index in [4.69, 9.17) is 5.73 Å². The first-order valence-electron chi connectivity index (χ1n) is 6.84. The van der Waals surface area contributed by atoms with E-state index in [-0.39, 0.29) is 11.9 Å². The molecule has 2 aromatic rings. The van der Waals surface area contributed by atoms with Gasteiger partial charge in [-0.05, 0) is 24.3 Å². The molecule has 1 aromatic carbocycles. The minimum Gasteiger partial charge on any atom is -0.383 e. The van der Waals surface area contributed by atoms with Crippen LogP contribution < -0.4 is 5.73 Å². The van der Waals surface area contributed by atoms with E-state index in [9.17, 15) is 4.79 Å². The van der Waals surface area contributed by atoms with E-state index in [1.165, 1.54) is 0 Å². The zero-order valence-electron chi connectivity index (χ0n) is 12.4. The maximum atomic E-state index is 12.5. The molecular weight excluding hydrogens is 250 g/mol. The molecule has 1 heterocycles. The third-order valence-corrected chi connectivity index (χ3v) is 3.89. The van der Waals surface area contributed by atoms with Gasteiger partial charge in [-0.3, -0.25) is 4.79 Å². The van der Waals surface area contributed by atoms with Crippen LogP contribution in [0.25, 0.3) is 10.8 Å². The SMILES string of the molecule is CC(C)C(C)N(C)C(=O)c1cc2ccccc2c(N)n1. The Kier molecular flexibility index (Phi) is 3.93. The molecule has 0 aliphatic carbocycles. The number of hydrogen-bond acceptors (Lipinski definition) is 3. The number of rotatable bonds is 3. The number of fused-ring (bicyclic) bond motifs is 1. The van der Waals surface area contributed by atoms with Gasteiger partial charge >= 0.3 is 0 Å². The average molecular weight is 271 g/mol. The summed E-state index contributed by atoms with van der Waals surface area (Å²) in [4.78, 5) is 18.5. The molecule has 1 atom stereocenters. The van der Waals surface area contributed by atoms with Crippen LogP contribution in [0.3, 0.4) is 0 Å². The number of anilines is 1. The summed E-state index contributed by atoms with van der Waals surface area (Å²) in [5.41, 5.74) is 6.35. The van der Waals surface area contributed by atoms with Crippen molar-refractivity contribution in [1.29, 1.82) is 0 Å². The smallest absolute Gasteiger partial charge is 0.272 e. The van der Waals surface area contributed by atoms with Crippen molar-refractivity contribution in [3.8, 4) is 0 Å². The van der Waals surface area contributed by atoms with E-state index < -0.39 is 0 Å². The fraction of sp³-hybridized carbons (Fsp3) is 0.375. The normalized spacial score (nSPS) is 12.7. The molecule has 4 nitrogen and oxygen atoms in total. The highest BCUT2D eigenvalue weighted by Crippen LogP contribution is 2.21. The Morgan fingerprint density at radius 1 is 1.25 bits per heavy atom. The van der Waals surface area contributed by atoms with Crippen LogP contribution >= 0.6 is 0 Å². The Balaban J connectivity index is 2.40. The molecule has 0 bridgehead atoms. The number of benzene rings is 1. The van der Waals surface area contributed by atoms with Crippen LogP contribution in [-0.2, 0) is 0 Å². The number of amides is 1. The summed E-state index contributed by atoms with van der Waals surface area (Å²) < 4.78 is 0. The first-order valence-corrected chi connectivity index (χ1v) is 6.84. The summed E-state index contributed by atoms with van der Waals surface area (Å²) in [6.07, 6.45) is 0. The van der Waals surface area contributed by atoms with Gasteiger partial charge in [-0.25, -0.2) is 4.98 Å². The Morgan fingerprint density at radius 2 is 1.90 bits per heavy atom. The summed E-state index contributed by atoms with van der Waals surface area (Å²) in [5.74, 6) is 0.697. The number of carbonyl (C=O) groups excluding carboxylic acids is 1. The average Bonchev–Trinajstić information content (AvgIpc) is 2.44. The highest BCUT2D eigenvalue weighted by Gasteiger charge is 2.21. The fourth-order valence-corrected chi connectivity index (χ4v) is 2.15. The molecule has 0 saturated heterocycles. The number of nitrogens with two attached hydrogens (primary N) is 1. The van der Waals surface area contributed by atoms with Crippen LogP contribution in [0.15, 0.2) is 30.3 Å². The van der Waals surface area contributed by atoms with Crippen LogP contribution in [0.4, 0.5) is 5.82 Å². The topological polar surface area (TPSA) is 59.2 Å². The number of nitrogen functional groups attached to an aromatic ring is 1. The molecule has 0 aliphatic rings. The van der Waals surface area contributed by atoms with Gasteiger partial charge in [0.25, 0.3) is 5.91 Å². The first-order chi connectivity index (χ1) is 9.41. The lowest BCUT2D eigenvalue weighted by molar-refractivity contribution is 0.0701. The first kappa shape index (κ1) is 14.3. The molecule has 1 aromatic heterocycles. The summed E-state index contributed by atoms with van der Waals surface area (Å²) >= 11 is 0. The van der Waals surface area contributed by atoms with Crippen molar-refractivity contribution in [3.63, 3.8) is 0 Å². The number of hydrogen-bond donors (Lipinski definition) is 1. The van der Waals surface area contributed by atoms with Gasteiger partial charge in [0.2, 0.25) is 0 Å². The zero-order chi connectivity index (χ0) is 14.9. The Hall–Kier alpha value is -2.10. The second kappa shape index (κ2) is 5.49. The number of pyridine rings is 1. The monoisotopic (exact) mass is 271 g/mol. The van der Waals surface area contributed by atoms with Gasteiger partial charge in [0.1, 0.15) is 11.5 Å². The van der Waals surface area contributed by atoms with Crippen LogP contribution in [0.2, 0.25) is 0 Å². The number of nitrogens with zero attached hydrogens (tertiary/aromatic N) is 2. The van der Waals surface area contributed by atoms with Gasteiger partial charge in [-0.1, -0.05) is 38.1 Å². The van der Waals surface area contributed by atoms with Gasteiger partial charge in [-0.15, -0.1) is 0 Å². The van der Waals surface area contributed by atoms with Crippen molar-refractivity contribution in [1.82, 2.24) is 9.88 Å². The van der Waals surface area contributed by atoms with Gasteiger partial charge < -0.3 is 10.6 Å². The highest BCUT2D eigenvalue weighted by molar-refractivity contribution is 5.99. The third kappa shape index (κ3) is 2.59. The highest BCUT2D eigenvalue weighted by atomic mass is 16.2. The molecule has 106 valence electrons. The molecule has 0 fully saturated rings. The molecule has 1 unspecified atom stereocenters. The Labute approximate surface area is 119 Å². The van der Waals surface area contributed by atoms with E-state index in [1.807, 2.05) is 31.2 Å². The molecule has 0 radical (unpaired) electrons. The molecule has 0 aliphatic heterocycles. The van der Waals surface area contributed by atoms with Gasteiger partial charge in [-0.2, -0.15) is 0 Å². The van der Waals surface area contributed by atoms with E-state index in [2.05, 4.69) is 18.8 Å². The molecule has 1 amide bonds. The summed E-state index contributed by atoms with van der Waals surface area (Å²) in [6.45, 7) is 6.22. The molecule has 4 heteroatoms. The minimum atomic E-state index is -0.0938. The standard InChI is InChI=1S/C16H21N3O/c1-10(2)11(3)19(4)16(20)14-9-12-7-5-6-8-13(12)15(17)18-14/h5-11H,1-4H3,(H2,17,18). The number of carbonyl (C=O) groups is 1. The van der Waals surface area contributed by atoms with Crippen LogP contribution in [-0.4, -0.2) is 28.9 Å².